The van der Waals surface area contributed by atoms with E-state index in [-0.39, 0.29) is 36.2 Å². The van der Waals surface area contributed by atoms with Crippen molar-refractivity contribution in [3.63, 3.8) is 0 Å². The summed E-state index contributed by atoms with van der Waals surface area (Å²) in [6.45, 7) is 5.12. The summed E-state index contributed by atoms with van der Waals surface area (Å²) in [5.74, 6) is -1.15. The Morgan fingerprint density at radius 2 is 1.80 bits per heavy atom. The Labute approximate surface area is 118 Å². The Hall–Kier alpha value is -1.30. The van der Waals surface area contributed by atoms with E-state index in [0.717, 1.165) is 12.8 Å². The molecule has 0 aromatic rings. The van der Waals surface area contributed by atoms with Gasteiger partial charge in [-0.2, -0.15) is 0 Å². The number of amides is 2. The maximum absolute atomic E-state index is 12.7. The third-order valence-corrected chi connectivity index (χ3v) is 4.77. The normalized spacial score (nSPS) is 40.2. The summed E-state index contributed by atoms with van der Waals surface area (Å²) in [7, 11) is 0. The number of carbonyl (C=O) groups is 2. The first-order valence-electron chi connectivity index (χ1n) is 7.43. The molecule has 6 nitrogen and oxygen atoms in total. The number of ether oxygens (including phenoxy) is 1. The van der Waals surface area contributed by atoms with E-state index in [9.17, 15) is 14.7 Å². The van der Waals surface area contributed by atoms with Crippen molar-refractivity contribution in [1.82, 2.24) is 9.80 Å². The summed E-state index contributed by atoms with van der Waals surface area (Å²) in [6, 6.07) is 0.00349. The maximum Gasteiger partial charge on any atom is 0.320 e. The molecule has 0 aromatic heterocycles. The van der Waals surface area contributed by atoms with E-state index in [1.165, 1.54) is 0 Å². The zero-order valence-corrected chi connectivity index (χ0v) is 12.0. The number of rotatable bonds is 1. The molecule has 5 unspecified atom stereocenters. The van der Waals surface area contributed by atoms with Crippen LogP contribution in [0.5, 0.6) is 0 Å². The van der Waals surface area contributed by atoms with Gasteiger partial charge in [-0.1, -0.05) is 0 Å². The molecular weight excluding hydrogens is 260 g/mol. The number of carboxylic acids is 1. The van der Waals surface area contributed by atoms with Gasteiger partial charge in [-0.25, -0.2) is 4.79 Å². The first-order chi connectivity index (χ1) is 9.47. The number of nitrogens with zero attached hydrogens (tertiary/aromatic N) is 2. The molecular formula is C14H22N2O4. The molecule has 5 atom stereocenters. The van der Waals surface area contributed by atoms with Gasteiger partial charge in [-0.05, 0) is 33.1 Å². The number of hydrogen-bond donors (Lipinski definition) is 1. The maximum atomic E-state index is 12.7. The van der Waals surface area contributed by atoms with Gasteiger partial charge in [0.15, 0.2) is 0 Å². The second kappa shape index (κ2) is 4.91. The SMILES string of the molecule is CC1CN(C(=O)N2C3CCC2C(C(=O)O)C3)CC(C)O1. The number of aliphatic carboxylic acids is 1. The minimum Gasteiger partial charge on any atom is -0.481 e. The van der Waals surface area contributed by atoms with Crippen LogP contribution in [0.3, 0.4) is 0 Å². The minimum atomic E-state index is -0.765. The average molecular weight is 282 g/mol. The number of morpholine rings is 1. The van der Waals surface area contributed by atoms with Gasteiger partial charge in [0.2, 0.25) is 0 Å². The molecule has 3 aliphatic heterocycles. The highest BCUT2D eigenvalue weighted by Gasteiger charge is 2.52. The first-order valence-corrected chi connectivity index (χ1v) is 7.43. The molecule has 2 amide bonds. The smallest absolute Gasteiger partial charge is 0.320 e. The fraction of sp³-hybridized carbons (Fsp3) is 0.857. The highest BCUT2D eigenvalue weighted by molar-refractivity contribution is 5.79. The third-order valence-electron chi connectivity index (χ3n) is 4.77. The summed E-state index contributed by atoms with van der Waals surface area (Å²) >= 11 is 0. The lowest BCUT2D eigenvalue weighted by molar-refractivity contribution is -0.142. The predicted molar refractivity (Wildman–Crippen MR) is 71.4 cm³/mol. The first kappa shape index (κ1) is 13.7. The van der Waals surface area contributed by atoms with Crippen molar-refractivity contribution in [3.8, 4) is 0 Å². The van der Waals surface area contributed by atoms with Crippen molar-refractivity contribution in [1.29, 1.82) is 0 Å². The van der Waals surface area contributed by atoms with Gasteiger partial charge < -0.3 is 19.6 Å². The van der Waals surface area contributed by atoms with E-state index in [0.29, 0.717) is 19.5 Å². The van der Waals surface area contributed by atoms with Crippen LogP contribution in [-0.4, -0.2) is 64.3 Å². The lowest BCUT2D eigenvalue weighted by atomic mass is 9.89. The summed E-state index contributed by atoms with van der Waals surface area (Å²) in [6.07, 6.45) is 2.45. The number of carbonyl (C=O) groups excluding carboxylic acids is 1. The molecule has 3 fully saturated rings. The van der Waals surface area contributed by atoms with Gasteiger partial charge in [-0.15, -0.1) is 0 Å². The average Bonchev–Trinajstić information content (AvgIpc) is 2.94. The Morgan fingerprint density at radius 3 is 2.35 bits per heavy atom. The van der Waals surface area contributed by atoms with Crippen LogP contribution in [0.1, 0.15) is 33.1 Å². The molecule has 0 saturated carbocycles. The predicted octanol–water partition coefficient (Wildman–Crippen LogP) is 1.15. The lowest BCUT2D eigenvalue weighted by Crippen LogP contribution is -2.54. The number of carboxylic acid groups (broad SMARTS) is 1. The van der Waals surface area contributed by atoms with E-state index in [1.807, 2.05) is 23.6 Å². The highest BCUT2D eigenvalue weighted by Crippen LogP contribution is 2.42. The molecule has 20 heavy (non-hydrogen) atoms. The van der Waals surface area contributed by atoms with Crippen LogP contribution in [0.2, 0.25) is 0 Å². The van der Waals surface area contributed by atoms with Crippen molar-refractivity contribution < 1.29 is 19.4 Å². The molecule has 112 valence electrons. The third kappa shape index (κ3) is 2.16. The van der Waals surface area contributed by atoms with Crippen LogP contribution >= 0.6 is 0 Å². The topological polar surface area (TPSA) is 70.1 Å². The summed E-state index contributed by atoms with van der Waals surface area (Å²) in [5.41, 5.74) is 0. The van der Waals surface area contributed by atoms with E-state index < -0.39 is 5.97 Å². The zero-order chi connectivity index (χ0) is 14.4. The zero-order valence-electron chi connectivity index (χ0n) is 12.0. The molecule has 0 aromatic carbocycles. The fourth-order valence-corrected chi connectivity index (χ4v) is 4.05. The van der Waals surface area contributed by atoms with Gasteiger partial charge in [0.05, 0.1) is 18.1 Å². The highest BCUT2D eigenvalue weighted by atomic mass is 16.5. The number of urea groups is 1. The Bertz CT molecular complexity index is 417. The van der Waals surface area contributed by atoms with Crippen LogP contribution in [-0.2, 0) is 9.53 Å². The van der Waals surface area contributed by atoms with Crippen molar-refractivity contribution in [3.05, 3.63) is 0 Å². The van der Waals surface area contributed by atoms with Gasteiger partial charge in [0.25, 0.3) is 0 Å². The Kier molecular flexibility index (Phi) is 3.36. The monoisotopic (exact) mass is 282 g/mol. The molecule has 1 N–H and O–H groups in total. The van der Waals surface area contributed by atoms with Crippen molar-refractivity contribution in [2.45, 2.75) is 57.4 Å². The fourth-order valence-electron chi connectivity index (χ4n) is 4.05. The van der Waals surface area contributed by atoms with E-state index in [2.05, 4.69) is 0 Å². The summed E-state index contributed by atoms with van der Waals surface area (Å²) in [5, 5.41) is 9.26. The van der Waals surface area contributed by atoms with E-state index in [4.69, 9.17) is 4.74 Å². The molecule has 3 aliphatic rings. The molecule has 6 heteroatoms. The second-order valence-electron chi connectivity index (χ2n) is 6.33. The van der Waals surface area contributed by atoms with Gasteiger partial charge in [-0.3, -0.25) is 4.79 Å². The molecule has 3 heterocycles. The minimum absolute atomic E-state index is 0.00301. The van der Waals surface area contributed by atoms with Crippen molar-refractivity contribution in [2.24, 2.45) is 5.92 Å². The van der Waals surface area contributed by atoms with Gasteiger partial charge >= 0.3 is 12.0 Å². The van der Waals surface area contributed by atoms with Gasteiger partial charge in [0, 0.05) is 25.2 Å². The summed E-state index contributed by atoms with van der Waals surface area (Å²) < 4.78 is 5.65. The molecule has 0 spiro atoms. The van der Waals surface area contributed by atoms with Crippen molar-refractivity contribution in [2.75, 3.05) is 13.1 Å². The van der Waals surface area contributed by atoms with Crippen LogP contribution in [0, 0.1) is 5.92 Å². The second-order valence-corrected chi connectivity index (χ2v) is 6.33. The Morgan fingerprint density at radius 1 is 1.15 bits per heavy atom. The molecule has 3 rings (SSSR count). The largest absolute Gasteiger partial charge is 0.481 e. The lowest BCUT2D eigenvalue weighted by Gasteiger charge is -2.38. The van der Waals surface area contributed by atoms with E-state index in [1.54, 1.807) is 0 Å². The quantitative estimate of drug-likeness (QED) is 0.783. The molecule has 0 radical (unpaired) electrons. The standard InChI is InChI=1S/C14H22N2O4/c1-8-6-15(7-9(2)20-8)14(19)16-10-3-4-12(16)11(5-10)13(17)18/h8-12H,3-7H2,1-2H3,(H,17,18). The van der Waals surface area contributed by atoms with Crippen LogP contribution < -0.4 is 0 Å². The molecule has 0 aliphatic carbocycles. The van der Waals surface area contributed by atoms with Crippen molar-refractivity contribution >= 4 is 12.0 Å². The molecule has 2 bridgehead atoms. The van der Waals surface area contributed by atoms with E-state index >= 15 is 0 Å². The Balaban J connectivity index is 1.73. The number of fused-ring (bicyclic) bond motifs is 2. The summed E-state index contributed by atoms with van der Waals surface area (Å²) in [4.78, 5) is 27.7. The van der Waals surface area contributed by atoms with Crippen LogP contribution in [0.15, 0.2) is 0 Å². The van der Waals surface area contributed by atoms with Crippen LogP contribution in [0.25, 0.3) is 0 Å². The molecule has 3 saturated heterocycles. The number of hydrogen-bond acceptors (Lipinski definition) is 3. The van der Waals surface area contributed by atoms with Crippen LogP contribution in [0.4, 0.5) is 4.79 Å². The van der Waals surface area contributed by atoms with Gasteiger partial charge in [0.1, 0.15) is 0 Å².